The second kappa shape index (κ2) is 4.27. The van der Waals surface area contributed by atoms with Gasteiger partial charge in [-0.25, -0.2) is 0 Å². The Bertz CT molecular complexity index is 92.4. The van der Waals surface area contributed by atoms with E-state index in [-0.39, 0.29) is 26.6 Å². The summed E-state index contributed by atoms with van der Waals surface area (Å²) >= 11 is 0. The number of rotatable bonds is 1. The number of aliphatic imine (C=N–C) groups is 1. The van der Waals surface area contributed by atoms with Gasteiger partial charge in [0.25, 0.3) is 0 Å². The van der Waals surface area contributed by atoms with Gasteiger partial charge in [-0.3, -0.25) is 4.99 Å². The molecule has 0 spiro atoms. The molecule has 0 unspecified atom stereocenters. The SMILES string of the molecule is CCC1=NCCO1.[PoH2]. The van der Waals surface area contributed by atoms with Crippen LogP contribution >= 0.6 is 0 Å². The van der Waals surface area contributed by atoms with E-state index in [0.29, 0.717) is 0 Å². The maximum atomic E-state index is 5.05. The van der Waals surface area contributed by atoms with Gasteiger partial charge in [-0.05, 0) is 0 Å². The van der Waals surface area contributed by atoms with E-state index in [1.165, 1.54) is 0 Å². The van der Waals surface area contributed by atoms with Crippen LogP contribution < -0.4 is 0 Å². The molecule has 0 atom stereocenters. The molecule has 0 saturated carbocycles. The molecule has 3 heteroatoms. The van der Waals surface area contributed by atoms with Gasteiger partial charge in [0.05, 0.1) is 6.54 Å². The summed E-state index contributed by atoms with van der Waals surface area (Å²) in [4.78, 5) is 4.05. The molecule has 48 valence electrons. The quantitative estimate of drug-likeness (QED) is 0.663. The van der Waals surface area contributed by atoms with Crippen LogP contribution in [0.1, 0.15) is 13.3 Å². The van der Waals surface area contributed by atoms with Crippen molar-refractivity contribution < 1.29 is 4.74 Å². The third-order valence-corrected chi connectivity index (χ3v) is 0.951. The summed E-state index contributed by atoms with van der Waals surface area (Å²) in [7, 11) is 0. The van der Waals surface area contributed by atoms with Crippen molar-refractivity contribution in [2.75, 3.05) is 13.2 Å². The van der Waals surface area contributed by atoms with Crippen molar-refractivity contribution in [3.05, 3.63) is 0 Å². The molecule has 0 saturated heterocycles. The molecule has 8 heavy (non-hydrogen) atoms. The molecular formula is C5H11NOPo. The summed E-state index contributed by atoms with van der Waals surface area (Å²) in [5.74, 6) is 0.917. The van der Waals surface area contributed by atoms with E-state index in [1.54, 1.807) is 0 Å². The average Bonchev–Trinajstić information content (AvgIpc) is 2.14. The van der Waals surface area contributed by atoms with E-state index in [2.05, 4.69) is 4.99 Å². The third kappa shape index (κ3) is 2.09. The molecule has 0 aromatic rings. The Balaban J connectivity index is 0.000000490. The Kier molecular flexibility index (Phi) is 4.46. The molecular weight excluding hydrogens is 299 g/mol. The van der Waals surface area contributed by atoms with E-state index in [0.717, 1.165) is 25.5 Å². The molecule has 1 rings (SSSR count). The first-order valence-corrected chi connectivity index (χ1v) is 2.59. The Morgan fingerprint density at radius 1 is 1.75 bits per heavy atom. The van der Waals surface area contributed by atoms with Gasteiger partial charge in [0.2, 0.25) is 0 Å². The first-order chi connectivity index (χ1) is 3.43. The van der Waals surface area contributed by atoms with Crippen molar-refractivity contribution in [1.29, 1.82) is 0 Å². The van der Waals surface area contributed by atoms with Crippen LogP contribution in [-0.4, -0.2) is 45.6 Å². The van der Waals surface area contributed by atoms with Gasteiger partial charge in [-0.1, -0.05) is 6.92 Å². The summed E-state index contributed by atoms with van der Waals surface area (Å²) in [6.45, 7) is 3.70. The topological polar surface area (TPSA) is 21.6 Å². The normalized spacial score (nSPS) is 16.4. The molecule has 0 N–H and O–H groups in total. The second-order valence-electron chi connectivity index (χ2n) is 1.48. The zero-order valence-corrected chi connectivity index (χ0v) is 8.86. The first-order valence-electron chi connectivity index (χ1n) is 2.59. The second-order valence-corrected chi connectivity index (χ2v) is 1.48. The van der Waals surface area contributed by atoms with Crippen LogP contribution in [0.3, 0.4) is 0 Å². The third-order valence-electron chi connectivity index (χ3n) is 0.951. The van der Waals surface area contributed by atoms with E-state index in [4.69, 9.17) is 4.74 Å². The summed E-state index contributed by atoms with van der Waals surface area (Å²) in [5.41, 5.74) is 0. The van der Waals surface area contributed by atoms with Crippen LogP contribution in [0.5, 0.6) is 0 Å². The summed E-state index contributed by atoms with van der Waals surface area (Å²) in [6.07, 6.45) is 0.944. The van der Waals surface area contributed by atoms with E-state index >= 15 is 0 Å². The maximum absolute atomic E-state index is 5.05. The summed E-state index contributed by atoms with van der Waals surface area (Å²) in [5, 5.41) is 0. The number of ether oxygens (including phenoxy) is 1. The van der Waals surface area contributed by atoms with Gasteiger partial charge in [0.15, 0.2) is 5.90 Å². The van der Waals surface area contributed by atoms with E-state index in [9.17, 15) is 0 Å². The fraction of sp³-hybridized carbons (Fsp3) is 0.800. The summed E-state index contributed by atoms with van der Waals surface area (Å²) < 4.78 is 5.05. The van der Waals surface area contributed by atoms with Crippen molar-refractivity contribution >= 4 is 32.5 Å². The number of hydrogen-bond donors (Lipinski definition) is 0. The van der Waals surface area contributed by atoms with E-state index in [1.807, 2.05) is 6.92 Å². The van der Waals surface area contributed by atoms with Gasteiger partial charge in [0.1, 0.15) is 6.61 Å². The predicted octanol–water partition coefficient (Wildman–Crippen LogP) is -0.0911. The van der Waals surface area contributed by atoms with Crippen molar-refractivity contribution in [2.24, 2.45) is 4.99 Å². The Morgan fingerprint density at radius 3 is 2.75 bits per heavy atom. The van der Waals surface area contributed by atoms with Crippen LogP contribution in [0, 0.1) is 0 Å². The average molecular weight is 310 g/mol. The molecule has 0 aromatic heterocycles. The Hall–Kier alpha value is 0.366. The van der Waals surface area contributed by atoms with Crippen molar-refractivity contribution in [2.45, 2.75) is 13.3 Å². The molecule has 2 nitrogen and oxygen atoms in total. The molecule has 0 amide bonds. The molecule has 1 aliphatic heterocycles. The van der Waals surface area contributed by atoms with Crippen LogP contribution in [0.25, 0.3) is 0 Å². The standard InChI is InChI=1S/C5H9NO.Po.2H/c1-2-5-6-3-4-7-5;;;/h2-4H2,1H3;;;. The fourth-order valence-corrected chi connectivity index (χ4v) is 0.593. The molecule has 0 aliphatic carbocycles. The minimum atomic E-state index is 0. The molecule has 0 radical (unpaired) electrons. The monoisotopic (exact) mass is 310 g/mol. The molecule has 0 bridgehead atoms. The van der Waals surface area contributed by atoms with Crippen molar-refractivity contribution in [1.82, 2.24) is 0 Å². The summed E-state index contributed by atoms with van der Waals surface area (Å²) in [6, 6.07) is 0. The van der Waals surface area contributed by atoms with Gasteiger partial charge in [-0.2, -0.15) is 0 Å². The molecule has 1 heterocycles. The van der Waals surface area contributed by atoms with Crippen LogP contribution in [0.15, 0.2) is 4.99 Å². The van der Waals surface area contributed by atoms with Gasteiger partial charge >= 0.3 is 26.6 Å². The number of nitrogens with zero attached hydrogens (tertiary/aromatic N) is 1. The van der Waals surface area contributed by atoms with Crippen LogP contribution in [0.2, 0.25) is 0 Å². The predicted molar refractivity (Wildman–Crippen MR) is 37.1 cm³/mol. The minimum absolute atomic E-state index is 0. The molecule has 0 fully saturated rings. The first kappa shape index (κ1) is 8.37. The van der Waals surface area contributed by atoms with Crippen LogP contribution in [0.4, 0.5) is 0 Å². The van der Waals surface area contributed by atoms with Gasteiger partial charge in [-0.15, -0.1) is 0 Å². The zero-order valence-electron chi connectivity index (χ0n) is 4.98. The van der Waals surface area contributed by atoms with Crippen LogP contribution in [-0.2, 0) is 4.74 Å². The Morgan fingerprint density at radius 2 is 2.50 bits per heavy atom. The molecule has 1 aliphatic rings. The fourth-order valence-electron chi connectivity index (χ4n) is 0.593. The zero-order chi connectivity index (χ0) is 5.11. The van der Waals surface area contributed by atoms with E-state index < -0.39 is 0 Å². The van der Waals surface area contributed by atoms with Gasteiger partial charge in [0, 0.05) is 6.42 Å². The number of hydrogen-bond acceptors (Lipinski definition) is 2. The van der Waals surface area contributed by atoms with Crippen molar-refractivity contribution in [3.8, 4) is 0 Å². The van der Waals surface area contributed by atoms with Crippen molar-refractivity contribution in [3.63, 3.8) is 0 Å². The molecule has 0 aromatic carbocycles. The Labute approximate surface area is 68.8 Å². The van der Waals surface area contributed by atoms with Gasteiger partial charge < -0.3 is 4.74 Å².